The monoisotopic (exact) mass is 357 g/mol. The van der Waals surface area contributed by atoms with E-state index < -0.39 is 5.97 Å². The SMILES string of the molecule is COc1ccc2c(c1)CC(C(=O)Nc1ccc(C(=O)O)cc1OC)CO2. The second-order valence-electron chi connectivity index (χ2n) is 5.90. The van der Waals surface area contributed by atoms with Crippen molar-refractivity contribution in [2.24, 2.45) is 5.92 Å². The Morgan fingerprint density at radius 2 is 1.96 bits per heavy atom. The summed E-state index contributed by atoms with van der Waals surface area (Å²) in [6, 6.07) is 9.80. The summed E-state index contributed by atoms with van der Waals surface area (Å²) >= 11 is 0. The van der Waals surface area contributed by atoms with Gasteiger partial charge in [0.1, 0.15) is 23.9 Å². The summed E-state index contributed by atoms with van der Waals surface area (Å²) in [5.74, 6) is 0.0837. The third kappa shape index (κ3) is 3.56. The van der Waals surface area contributed by atoms with Crippen molar-refractivity contribution in [1.82, 2.24) is 0 Å². The van der Waals surface area contributed by atoms with Crippen LogP contribution in [0.4, 0.5) is 5.69 Å². The number of hydrogen-bond donors (Lipinski definition) is 2. The molecule has 1 amide bonds. The minimum atomic E-state index is -1.06. The summed E-state index contributed by atoms with van der Waals surface area (Å²) in [6.07, 6.45) is 0.522. The molecule has 2 aromatic rings. The zero-order chi connectivity index (χ0) is 18.7. The molecule has 1 atom stereocenters. The van der Waals surface area contributed by atoms with E-state index >= 15 is 0 Å². The first-order chi connectivity index (χ1) is 12.5. The standard InChI is InChI=1S/C19H19NO6/c1-24-14-4-6-16-12(8-14)7-13(10-26-16)18(21)20-15-5-3-11(19(22)23)9-17(15)25-2/h3-6,8-9,13H,7,10H2,1-2H3,(H,20,21)(H,22,23). The average Bonchev–Trinajstić information content (AvgIpc) is 2.67. The fraction of sp³-hybridized carbons (Fsp3) is 0.263. The van der Waals surface area contributed by atoms with Gasteiger partial charge in [0.05, 0.1) is 31.4 Å². The van der Waals surface area contributed by atoms with Gasteiger partial charge in [0.15, 0.2) is 0 Å². The average molecular weight is 357 g/mol. The predicted octanol–water partition coefficient (Wildman–Crippen LogP) is 2.59. The van der Waals surface area contributed by atoms with Crippen molar-refractivity contribution in [3.05, 3.63) is 47.5 Å². The van der Waals surface area contributed by atoms with E-state index in [9.17, 15) is 9.59 Å². The van der Waals surface area contributed by atoms with Gasteiger partial charge in [-0.2, -0.15) is 0 Å². The third-order valence-corrected chi connectivity index (χ3v) is 4.25. The van der Waals surface area contributed by atoms with E-state index in [1.807, 2.05) is 18.2 Å². The van der Waals surface area contributed by atoms with Crippen molar-refractivity contribution in [3.8, 4) is 17.2 Å². The normalized spacial score (nSPS) is 15.4. The predicted molar refractivity (Wildman–Crippen MR) is 94.3 cm³/mol. The Morgan fingerprint density at radius 3 is 2.65 bits per heavy atom. The minimum Gasteiger partial charge on any atom is -0.497 e. The summed E-state index contributed by atoms with van der Waals surface area (Å²) in [7, 11) is 3.01. The Balaban J connectivity index is 1.75. The molecule has 0 saturated heterocycles. The van der Waals surface area contributed by atoms with E-state index in [1.54, 1.807) is 7.11 Å². The van der Waals surface area contributed by atoms with Gasteiger partial charge in [-0.25, -0.2) is 4.79 Å². The number of hydrogen-bond acceptors (Lipinski definition) is 5. The quantitative estimate of drug-likeness (QED) is 0.854. The highest BCUT2D eigenvalue weighted by molar-refractivity contribution is 5.96. The molecular weight excluding hydrogens is 338 g/mol. The molecule has 2 N–H and O–H groups in total. The summed E-state index contributed by atoms with van der Waals surface area (Å²) in [5.41, 5.74) is 1.41. The van der Waals surface area contributed by atoms with Crippen LogP contribution in [0.15, 0.2) is 36.4 Å². The maximum Gasteiger partial charge on any atom is 0.335 e. The van der Waals surface area contributed by atoms with E-state index in [4.69, 9.17) is 19.3 Å². The molecule has 1 unspecified atom stereocenters. The van der Waals surface area contributed by atoms with E-state index in [-0.39, 0.29) is 29.7 Å². The molecule has 26 heavy (non-hydrogen) atoms. The van der Waals surface area contributed by atoms with Gasteiger partial charge in [-0.05, 0) is 48.4 Å². The van der Waals surface area contributed by atoms with Gasteiger partial charge in [0.2, 0.25) is 5.91 Å². The summed E-state index contributed by atoms with van der Waals surface area (Å²) in [6.45, 7) is 0.265. The lowest BCUT2D eigenvalue weighted by molar-refractivity contribution is -0.121. The molecule has 1 aliphatic rings. The lowest BCUT2D eigenvalue weighted by Gasteiger charge is -2.25. The number of anilines is 1. The summed E-state index contributed by atoms with van der Waals surface area (Å²) in [5, 5.41) is 11.8. The number of methoxy groups -OCH3 is 2. The molecule has 3 rings (SSSR count). The van der Waals surface area contributed by atoms with Crippen LogP contribution >= 0.6 is 0 Å². The Bertz CT molecular complexity index is 848. The number of amides is 1. The molecule has 7 nitrogen and oxygen atoms in total. The molecule has 136 valence electrons. The van der Waals surface area contributed by atoms with Crippen LogP contribution in [-0.4, -0.2) is 37.8 Å². The van der Waals surface area contributed by atoms with Crippen LogP contribution in [-0.2, 0) is 11.2 Å². The van der Waals surface area contributed by atoms with Crippen LogP contribution in [0.1, 0.15) is 15.9 Å². The Hall–Kier alpha value is -3.22. The van der Waals surface area contributed by atoms with Crippen molar-refractivity contribution >= 4 is 17.6 Å². The van der Waals surface area contributed by atoms with Gasteiger partial charge in [0.25, 0.3) is 0 Å². The van der Waals surface area contributed by atoms with Crippen LogP contribution in [0.2, 0.25) is 0 Å². The Morgan fingerprint density at radius 1 is 1.15 bits per heavy atom. The second-order valence-corrected chi connectivity index (χ2v) is 5.90. The second kappa shape index (κ2) is 7.35. The Kier molecular flexibility index (Phi) is 4.97. The van der Waals surface area contributed by atoms with Crippen LogP contribution in [0.25, 0.3) is 0 Å². The number of aromatic carboxylic acids is 1. The topological polar surface area (TPSA) is 94.1 Å². The molecule has 0 saturated carbocycles. The molecule has 1 aliphatic heterocycles. The maximum atomic E-state index is 12.6. The number of carboxylic acid groups (broad SMARTS) is 1. The molecular formula is C19H19NO6. The van der Waals surface area contributed by atoms with Crippen molar-refractivity contribution in [3.63, 3.8) is 0 Å². The lowest BCUT2D eigenvalue weighted by Crippen LogP contribution is -2.32. The van der Waals surface area contributed by atoms with E-state index in [1.165, 1.54) is 25.3 Å². The van der Waals surface area contributed by atoms with Gasteiger partial charge in [-0.15, -0.1) is 0 Å². The Labute approximate surface area is 150 Å². The van der Waals surface area contributed by atoms with Gasteiger partial charge in [0, 0.05) is 0 Å². The van der Waals surface area contributed by atoms with Crippen LogP contribution in [0.5, 0.6) is 17.2 Å². The van der Waals surface area contributed by atoms with Gasteiger partial charge < -0.3 is 24.6 Å². The lowest BCUT2D eigenvalue weighted by atomic mass is 9.95. The molecule has 0 radical (unpaired) electrons. The third-order valence-electron chi connectivity index (χ3n) is 4.25. The zero-order valence-corrected chi connectivity index (χ0v) is 14.4. The fourth-order valence-electron chi connectivity index (χ4n) is 2.83. The zero-order valence-electron chi connectivity index (χ0n) is 14.4. The number of ether oxygens (including phenoxy) is 3. The number of fused-ring (bicyclic) bond motifs is 1. The minimum absolute atomic E-state index is 0.0851. The van der Waals surface area contributed by atoms with Crippen LogP contribution in [0.3, 0.4) is 0 Å². The molecule has 7 heteroatoms. The highest BCUT2D eigenvalue weighted by Gasteiger charge is 2.27. The van der Waals surface area contributed by atoms with Crippen molar-refractivity contribution in [1.29, 1.82) is 0 Å². The van der Waals surface area contributed by atoms with Crippen molar-refractivity contribution in [2.45, 2.75) is 6.42 Å². The van der Waals surface area contributed by atoms with Gasteiger partial charge in [-0.1, -0.05) is 0 Å². The largest absolute Gasteiger partial charge is 0.497 e. The van der Waals surface area contributed by atoms with E-state index in [0.717, 1.165) is 11.3 Å². The molecule has 0 spiro atoms. The molecule has 0 aromatic heterocycles. The number of carboxylic acids is 1. The van der Waals surface area contributed by atoms with Gasteiger partial charge in [-0.3, -0.25) is 4.79 Å². The number of rotatable bonds is 5. The van der Waals surface area contributed by atoms with Crippen molar-refractivity contribution < 1.29 is 28.9 Å². The molecule has 1 heterocycles. The first-order valence-electron chi connectivity index (χ1n) is 8.03. The number of carbonyl (C=O) groups excluding carboxylic acids is 1. The van der Waals surface area contributed by atoms with Crippen LogP contribution < -0.4 is 19.5 Å². The van der Waals surface area contributed by atoms with E-state index in [2.05, 4.69) is 5.32 Å². The fourth-order valence-corrected chi connectivity index (χ4v) is 2.83. The highest BCUT2D eigenvalue weighted by Crippen LogP contribution is 2.32. The van der Waals surface area contributed by atoms with Gasteiger partial charge >= 0.3 is 5.97 Å². The number of benzene rings is 2. The molecule has 0 aliphatic carbocycles. The van der Waals surface area contributed by atoms with E-state index in [0.29, 0.717) is 17.9 Å². The summed E-state index contributed by atoms with van der Waals surface area (Å²) in [4.78, 5) is 23.7. The molecule has 0 bridgehead atoms. The first kappa shape index (κ1) is 17.6. The van der Waals surface area contributed by atoms with Crippen LogP contribution in [0, 0.1) is 5.92 Å². The molecule has 0 fully saturated rings. The first-order valence-corrected chi connectivity index (χ1v) is 8.03. The van der Waals surface area contributed by atoms with Crippen molar-refractivity contribution in [2.75, 3.05) is 26.1 Å². The smallest absolute Gasteiger partial charge is 0.335 e. The number of carbonyl (C=O) groups is 2. The summed E-state index contributed by atoms with van der Waals surface area (Å²) < 4.78 is 16.1. The highest BCUT2D eigenvalue weighted by atomic mass is 16.5. The maximum absolute atomic E-state index is 12.6. The number of nitrogens with one attached hydrogen (secondary N) is 1. The molecule has 2 aromatic carbocycles.